The second-order valence-electron chi connectivity index (χ2n) is 5.20. The summed E-state index contributed by atoms with van der Waals surface area (Å²) in [4.78, 5) is 24.6. The molecule has 0 saturated carbocycles. The van der Waals surface area contributed by atoms with Crippen molar-refractivity contribution in [3.8, 4) is 0 Å². The third-order valence-corrected chi connectivity index (χ3v) is 3.67. The topological polar surface area (TPSA) is 99.1 Å². The number of nitrogens with zero attached hydrogens (tertiary/aromatic N) is 6. The van der Waals surface area contributed by atoms with Crippen LogP contribution >= 0.6 is 0 Å². The lowest BCUT2D eigenvalue weighted by atomic mass is 10.2. The van der Waals surface area contributed by atoms with Gasteiger partial charge in [-0.25, -0.2) is 0 Å². The molecule has 0 atom stereocenters. The fraction of sp³-hybridized carbons (Fsp3) is 0.462. The maximum atomic E-state index is 12.6. The number of nitro groups is 1. The van der Waals surface area contributed by atoms with Crippen molar-refractivity contribution in [2.24, 2.45) is 14.1 Å². The third-order valence-electron chi connectivity index (χ3n) is 3.67. The Morgan fingerprint density at radius 1 is 1.36 bits per heavy atom. The van der Waals surface area contributed by atoms with Gasteiger partial charge in [0.05, 0.1) is 11.1 Å². The van der Waals surface area contributed by atoms with E-state index in [2.05, 4.69) is 10.2 Å². The minimum Gasteiger partial charge on any atom is -0.336 e. The number of aryl methyl sites for hydroxylation is 3. The van der Waals surface area contributed by atoms with Gasteiger partial charge in [-0.05, 0) is 13.8 Å². The number of rotatable bonds is 4. The van der Waals surface area contributed by atoms with Crippen LogP contribution in [-0.2, 0) is 20.6 Å². The van der Waals surface area contributed by atoms with Gasteiger partial charge >= 0.3 is 5.69 Å². The fourth-order valence-electron chi connectivity index (χ4n) is 2.31. The van der Waals surface area contributed by atoms with Gasteiger partial charge in [0.1, 0.15) is 5.69 Å². The monoisotopic (exact) mass is 306 g/mol. The van der Waals surface area contributed by atoms with Gasteiger partial charge in [0.2, 0.25) is 5.69 Å². The summed E-state index contributed by atoms with van der Waals surface area (Å²) in [7, 11) is 4.94. The normalized spacial score (nSPS) is 10.8. The van der Waals surface area contributed by atoms with Crippen molar-refractivity contribution in [1.29, 1.82) is 0 Å². The summed E-state index contributed by atoms with van der Waals surface area (Å²) in [6.07, 6.45) is 1.68. The van der Waals surface area contributed by atoms with Crippen molar-refractivity contribution >= 4 is 11.6 Å². The van der Waals surface area contributed by atoms with Gasteiger partial charge in [-0.15, -0.1) is 0 Å². The molecular formula is C13H18N6O3. The first-order valence-corrected chi connectivity index (χ1v) is 6.65. The number of carbonyl (C=O) groups excluding carboxylic acids is 1. The van der Waals surface area contributed by atoms with Crippen molar-refractivity contribution in [1.82, 2.24) is 24.5 Å². The van der Waals surface area contributed by atoms with Crippen molar-refractivity contribution in [3.05, 3.63) is 39.0 Å². The molecule has 0 aliphatic carbocycles. The standard InChI is InChI=1S/C13H18N6O3/c1-8-11(19(21)22)12(18(5)15-8)13(20)16(3)7-10-6-14-17(4)9(10)2/h6H,7H2,1-5H3. The van der Waals surface area contributed by atoms with E-state index < -0.39 is 10.8 Å². The van der Waals surface area contributed by atoms with Crippen LogP contribution in [0.25, 0.3) is 0 Å². The molecule has 0 fully saturated rings. The highest BCUT2D eigenvalue weighted by atomic mass is 16.6. The number of amides is 1. The molecule has 0 aliphatic heterocycles. The van der Waals surface area contributed by atoms with Gasteiger partial charge in [-0.1, -0.05) is 0 Å². The summed E-state index contributed by atoms with van der Waals surface area (Å²) in [5.74, 6) is -0.446. The molecule has 0 aromatic carbocycles. The molecule has 0 radical (unpaired) electrons. The van der Waals surface area contributed by atoms with E-state index in [-0.39, 0.29) is 17.1 Å². The second kappa shape index (κ2) is 5.58. The second-order valence-corrected chi connectivity index (χ2v) is 5.20. The van der Waals surface area contributed by atoms with Gasteiger partial charge in [0.25, 0.3) is 5.91 Å². The Bertz CT molecular complexity index is 745. The Balaban J connectivity index is 2.32. The lowest BCUT2D eigenvalue weighted by molar-refractivity contribution is -0.385. The fourth-order valence-corrected chi connectivity index (χ4v) is 2.31. The average Bonchev–Trinajstić information content (AvgIpc) is 2.91. The van der Waals surface area contributed by atoms with Gasteiger partial charge in [0, 0.05) is 38.9 Å². The zero-order valence-corrected chi connectivity index (χ0v) is 13.2. The Kier molecular flexibility index (Phi) is 3.98. The van der Waals surface area contributed by atoms with E-state index >= 15 is 0 Å². The highest BCUT2D eigenvalue weighted by Gasteiger charge is 2.31. The van der Waals surface area contributed by atoms with E-state index in [0.29, 0.717) is 6.54 Å². The van der Waals surface area contributed by atoms with E-state index in [4.69, 9.17) is 0 Å². The third kappa shape index (κ3) is 2.57. The predicted octanol–water partition coefficient (Wildman–Crippen LogP) is 0.951. The Labute approximate surface area is 127 Å². The van der Waals surface area contributed by atoms with Crippen LogP contribution in [0.15, 0.2) is 6.20 Å². The van der Waals surface area contributed by atoms with Crippen LogP contribution in [0.5, 0.6) is 0 Å². The number of aromatic nitrogens is 4. The molecule has 0 saturated heterocycles. The maximum Gasteiger partial charge on any atom is 0.322 e. The molecule has 2 rings (SSSR count). The summed E-state index contributed by atoms with van der Waals surface area (Å²) in [5, 5.41) is 19.3. The molecule has 0 N–H and O–H groups in total. The summed E-state index contributed by atoms with van der Waals surface area (Å²) in [6, 6.07) is 0. The molecule has 0 aliphatic rings. The zero-order valence-electron chi connectivity index (χ0n) is 13.2. The van der Waals surface area contributed by atoms with Crippen molar-refractivity contribution in [2.45, 2.75) is 20.4 Å². The molecule has 0 bridgehead atoms. The molecule has 2 heterocycles. The molecule has 0 unspecified atom stereocenters. The van der Waals surface area contributed by atoms with Gasteiger partial charge in [0.15, 0.2) is 0 Å². The predicted molar refractivity (Wildman–Crippen MR) is 78.3 cm³/mol. The van der Waals surface area contributed by atoms with E-state index in [1.807, 2.05) is 14.0 Å². The molecule has 118 valence electrons. The van der Waals surface area contributed by atoms with Crippen LogP contribution in [0.3, 0.4) is 0 Å². The Morgan fingerprint density at radius 3 is 2.50 bits per heavy atom. The highest BCUT2D eigenvalue weighted by Crippen LogP contribution is 2.24. The minimum atomic E-state index is -0.571. The molecule has 1 amide bonds. The first kappa shape index (κ1) is 15.7. The van der Waals surface area contributed by atoms with Gasteiger partial charge in [-0.2, -0.15) is 10.2 Å². The van der Waals surface area contributed by atoms with Crippen molar-refractivity contribution < 1.29 is 9.72 Å². The van der Waals surface area contributed by atoms with Crippen molar-refractivity contribution in [2.75, 3.05) is 7.05 Å². The molecule has 9 nitrogen and oxygen atoms in total. The molecule has 2 aromatic rings. The summed E-state index contributed by atoms with van der Waals surface area (Å²) in [5.41, 5.74) is 1.78. The quantitative estimate of drug-likeness (QED) is 0.618. The van der Waals surface area contributed by atoms with Crippen LogP contribution in [0.4, 0.5) is 5.69 Å². The molecule has 2 aromatic heterocycles. The Morgan fingerprint density at radius 2 is 2.00 bits per heavy atom. The van der Waals surface area contributed by atoms with Gasteiger partial charge in [-0.3, -0.25) is 24.3 Å². The molecule has 0 spiro atoms. The first-order chi connectivity index (χ1) is 10.2. The molecular weight excluding hydrogens is 288 g/mol. The largest absolute Gasteiger partial charge is 0.336 e. The average molecular weight is 306 g/mol. The number of carbonyl (C=O) groups is 1. The lowest BCUT2D eigenvalue weighted by Gasteiger charge is -2.16. The first-order valence-electron chi connectivity index (χ1n) is 6.65. The van der Waals surface area contributed by atoms with Crippen LogP contribution in [0.1, 0.15) is 27.4 Å². The van der Waals surface area contributed by atoms with E-state index in [1.165, 1.54) is 23.6 Å². The number of hydrogen-bond donors (Lipinski definition) is 0. The van der Waals surface area contributed by atoms with Gasteiger partial charge < -0.3 is 4.90 Å². The maximum absolute atomic E-state index is 12.6. The van der Waals surface area contributed by atoms with Crippen LogP contribution in [-0.4, -0.2) is 42.3 Å². The highest BCUT2D eigenvalue weighted by molar-refractivity contribution is 5.96. The van der Waals surface area contributed by atoms with Crippen LogP contribution < -0.4 is 0 Å². The van der Waals surface area contributed by atoms with E-state index in [9.17, 15) is 14.9 Å². The lowest BCUT2D eigenvalue weighted by Crippen LogP contribution is -2.29. The van der Waals surface area contributed by atoms with E-state index in [1.54, 1.807) is 17.9 Å². The SMILES string of the molecule is Cc1nn(C)c(C(=O)N(C)Cc2cnn(C)c2C)c1[N+](=O)[O-]. The summed E-state index contributed by atoms with van der Waals surface area (Å²) in [6.45, 7) is 3.73. The van der Waals surface area contributed by atoms with E-state index in [0.717, 1.165) is 11.3 Å². The molecule has 22 heavy (non-hydrogen) atoms. The Hall–Kier alpha value is -2.71. The summed E-state index contributed by atoms with van der Waals surface area (Å²) >= 11 is 0. The molecule has 9 heteroatoms. The zero-order chi connectivity index (χ0) is 16.6. The smallest absolute Gasteiger partial charge is 0.322 e. The van der Waals surface area contributed by atoms with Crippen LogP contribution in [0, 0.1) is 24.0 Å². The minimum absolute atomic E-state index is 0.0217. The van der Waals surface area contributed by atoms with Crippen LogP contribution in [0.2, 0.25) is 0 Å². The summed E-state index contributed by atoms with van der Waals surface area (Å²) < 4.78 is 2.97. The number of hydrogen-bond acceptors (Lipinski definition) is 5. The van der Waals surface area contributed by atoms with Crippen molar-refractivity contribution in [3.63, 3.8) is 0 Å².